The second-order valence-electron chi connectivity index (χ2n) is 4.98. The van der Waals surface area contributed by atoms with Crippen molar-refractivity contribution in [3.63, 3.8) is 0 Å². The van der Waals surface area contributed by atoms with Crippen LogP contribution in [0.1, 0.15) is 0 Å². The monoisotopic (exact) mass is 383 g/mol. The fourth-order valence-corrected chi connectivity index (χ4v) is 4.54. The molecular weight excluding hydrogens is 369 g/mol. The van der Waals surface area contributed by atoms with Gasteiger partial charge in [0.15, 0.2) is 11.6 Å². The molecule has 132 valence electrons. The quantitative estimate of drug-likeness (QED) is 0.538. The first-order valence-corrected chi connectivity index (χ1v) is 9.23. The van der Waals surface area contributed by atoms with Crippen molar-refractivity contribution in [2.24, 2.45) is 0 Å². The molecule has 0 saturated heterocycles. The maximum absolute atomic E-state index is 13.9. The lowest BCUT2D eigenvalue weighted by Crippen LogP contribution is -2.24. The molecule has 2 heterocycles. The third-order valence-corrected chi connectivity index (χ3v) is 6.65. The van der Waals surface area contributed by atoms with E-state index in [2.05, 4.69) is 4.98 Å². The number of nitrogens with two attached hydrogens (primary N) is 1. The van der Waals surface area contributed by atoms with Crippen molar-refractivity contribution in [1.82, 2.24) is 9.45 Å². The minimum Gasteiger partial charge on any atom is -0.453 e. The molecule has 0 bridgehead atoms. The Morgan fingerprint density at radius 3 is 2.68 bits per heavy atom. The van der Waals surface area contributed by atoms with Crippen LogP contribution < -0.4 is 10.5 Å². The third kappa shape index (κ3) is 3.29. The number of aromatic nitrogens is 1. The van der Waals surface area contributed by atoms with Crippen LogP contribution >= 0.6 is 11.3 Å². The van der Waals surface area contributed by atoms with Gasteiger partial charge >= 0.3 is 0 Å². The summed E-state index contributed by atoms with van der Waals surface area (Å²) in [4.78, 5) is 8.89. The highest BCUT2D eigenvalue weighted by Gasteiger charge is 2.25. The Morgan fingerprint density at radius 1 is 1.24 bits per heavy atom. The molecule has 2 aromatic heterocycles. The van der Waals surface area contributed by atoms with Gasteiger partial charge in [0.05, 0.1) is 17.3 Å². The lowest BCUT2D eigenvalue weighted by atomic mass is 10.3. The van der Waals surface area contributed by atoms with E-state index < -0.39 is 15.8 Å². The van der Waals surface area contributed by atoms with Crippen LogP contribution in [0, 0.1) is 5.82 Å². The molecule has 0 amide bonds. The van der Waals surface area contributed by atoms with Crippen LogP contribution in [0.25, 0.3) is 10.2 Å². The van der Waals surface area contributed by atoms with Crippen LogP contribution in [0.3, 0.4) is 0 Å². The predicted octanol–water partition coefficient (Wildman–Crippen LogP) is 2.99. The Labute approximate surface area is 147 Å². The fraction of sp³-hybridized carbons (Fsp3) is 0.133. The number of hydrogen-bond acceptors (Lipinski definition) is 7. The number of benzene rings is 1. The van der Waals surface area contributed by atoms with E-state index in [1.807, 2.05) is 0 Å². The van der Waals surface area contributed by atoms with Crippen molar-refractivity contribution in [3.05, 3.63) is 42.3 Å². The number of ether oxygens (including phenoxy) is 1. The predicted molar refractivity (Wildman–Crippen MR) is 92.5 cm³/mol. The van der Waals surface area contributed by atoms with Gasteiger partial charge in [-0.15, -0.1) is 11.3 Å². The van der Waals surface area contributed by atoms with E-state index >= 15 is 0 Å². The first kappa shape index (κ1) is 17.5. The number of pyridine rings is 1. The van der Waals surface area contributed by atoms with Gasteiger partial charge in [-0.1, -0.05) is 4.47 Å². The first-order valence-electron chi connectivity index (χ1n) is 6.97. The molecule has 0 radical (unpaired) electrons. The van der Waals surface area contributed by atoms with E-state index in [0.29, 0.717) is 16.0 Å². The van der Waals surface area contributed by atoms with Gasteiger partial charge < -0.3 is 10.5 Å². The molecule has 0 aliphatic rings. The van der Waals surface area contributed by atoms with E-state index in [1.165, 1.54) is 44.6 Å². The normalized spacial score (nSPS) is 12.0. The molecule has 1 aromatic carbocycles. The Hall–Kier alpha value is -2.27. The summed E-state index contributed by atoms with van der Waals surface area (Å²) in [6, 6.07) is 7.00. The molecule has 0 aliphatic heterocycles. The maximum atomic E-state index is 13.9. The van der Waals surface area contributed by atoms with Crippen LogP contribution in [-0.2, 0) is 14.9 Å². The zero-order valence-corrected chi connectivity index (χ0v) is 14.9. The minimum atomic E-state index is -3.81. The summed E-state index contributed by atoms with van der Waals surface area (Å²) in [6.07, 6.45) is 1.45. The number of nitrogen functional groups attached to an aromatic ring is 1. The average Bonchev–Trinajstić information content (AvgIpc) is 3.02. The molecule has 2 N–H and O–H groups in total. The van der Waals surface area contributed by atoms with Crippen molar-refractivity contribution in [3.8, 4) is 11.5 Å². The number of fused-ring (bicyclic) bond motifs is 1. The second-order valence-corrected chi connectivity index (χ2v) is 8.19. The van der Waals surface area contributed by atoms with Crippen molar-refractivity contribution in [2.75, 3.05) is 19.9 Å². The zero-order chi connectivity index (χ0) is 18.2. The summed E-state index contributed by atoms with van der Waals surface area (Å²) in [7, 11) is -1.27. The number of hydroxylamine groups is 1. The second kappa shape index (κ2) is 6.56. The summed E-state index contributed by atoms with van der Waals surface area (Å²) in [5.74, 6) is -0.345. The summed E-state index contributed by atoms with van der Waals surface area (Å²) >= 11 is 0.959. The highest BCUT2D eigenvalue weighted by molar-refractivity contribution is 7.91. The van der Waals surface area contributed by atoms with Gasteiger partial charge in [-0.05, 0) is 18.2 Å². The molecule has 0 spiro atoms. The number of anilines is 1. The summed E-state index contributed by atoms with van der Waals surface area (Å²) in [5.41, 5.74) is 6.21. The minimum absolute atomic E-state index is 0.0199. The SMILES string of the molecule is CON(C)S(=O)(=O)c1cc2nccc(Oc3ccc(N)cc3F)c2s1. The molecule has 0 saturated carbocycles. The summed E-state index contributed by atoms with van der Waals surface area (Å²) in [6.45, 7) is 0. The summed E-state index contributed by atoms with van der Waals surface area (Å²) < 4.78 is 45.5. The molecular formula is C15H14FN3O4S2. The Balaban J connectivity index is 2.06. The highest BCUT2D eigenvalue weighted by Crippen LogP contribution is 2.38. The molecule has 7 nitrogen and oxygen atoms in total. The highest BCUT2D eigenvalue weighted by atomic mass is 32.2. The van der Waals surface area contributed by atoms with Gasteiger partial charge in [0.2, 0.25) is 0 Å². The van der Waals surface area contributed by atoms with Gasteiger partial charge in [-0.2, -0.15) is 0 Å². The van der Waals surface area contributed by atoms with Crippen LogP contribution in [-0.4, -0.2) is 32.0 Å². The number of halogens is 1. The molecule has 0 fully saturated rings. The number of sulfonamides is 1. The topological polar surface area (TPSA) is 94.8 Å². The van der Waals surface area contributed by atoms with E-state index in [0.717, 1.165) is 21.9 Å². The summed E-state index contributed by atoms with van der Waals surface area (Å²) in [5, 5.41) is 0. The molecule has 3 rings (SSSR count). The van der Waals surface area contributed by atoms with Crippen LogP contribution in [0.5, 0.6) is 11.5 Å². The maximum Gasteiger partial charge on any atom is 0.274 e. The molecule has 25 heavy (non-hydrogen) atoms. The average molecular weight is 383 g/mol. The van der Waals surface area contributed by atoms with Crippen LogP contribution in [0.15, 0.2) is 40.7 Å². The van der Waals surface area contributed by atoms with Crippen LogP contribution in [0.4, 0.5) is 10.1 Å². The molecule has 0 unspecified atom stereocenters. The van der Waals surface area contributed by atoms with Crippen molar-refractivity contribution in [2.45, 2.75) is 4.21 Å². The van der Waals surface area contributed by atoms with E-state index in [9.17, 15) is 12.8 Å². The van der Waals surface area contributed by atoms with Gasteiger partial charge in [-0.25, -0.2) is 12.8 Å². The molecule has 0 aliphatic carbocycles. The number of rotatable bonds is 5. The molecule has 10 heteroatoms. The largest absolute Gasteiger partial charge is 0.453 e. The van der Waals surface area contributed by atoms with Crippen molar-refractivity contribution < 1.29 is 22.4 Å². The van der Waals surface area contributed by atoms with Crippen molar-refractivity contribution in [1.29, 1.82) is 0 Å². The smallest absolute Gasteiger partial charge is 0.274 e. The van der Waals surface area contributed by atoms with Gasteiger partial charge in [0.25, 0.3) is 10.0 Å². The Bertz CT molecular complexity index is 1040. The van der Waals surface area contributed by atoms with E-state index in [4.69, 9.17) is 15.3 Å². The standard InChI is InChI=1S/C15H14FN3O4S2/c1-19(22-2)25(20,21)14-8-11-15(24-14)13(5-6-18-11)23-12-4-3-9(17)7-10(12)16/h3-8H,17H2,1-2H3. The fourth-order valence-electron chi connectivity index (χ4n) is 2.04. The first-order chi connectivity index (χ1) is 11.8. The van der Waals surface area contributed by atoms with E-state index in [1.54, 1.807) is 0 Å². The van der Waals surface area contributed by atoms with Crippen LogP contribution in [0.2, 0.25) is 0 Å². The zero-order valence-electron chi connectivity index (χ0n) is 13.3. The number of nitrogens with zero attached hydrogens (tertiary/aromatic N) is 2. The number of thiophene rings is 1. The molecule has 0 atom stereocenters. The lowest BCUT2D eigenvalue weighted by molar-refractivity contribution is -0.0256. The number of hydrogen-bond donors (Lipinski definition) is 1. The molecule has 3 aromatic rings. The third-order valence-electron chi connectivity index (χ3n) is 3.38. The Morgan fingerprint density at radius 2 is 2.00 bits per heavy atom. The van der Waals surface area contributed by atoms with Gasteiger partial charge in [-0.3, -0.25) is 9.82 Å². The Kier molecular flexibility index (Phi) is 4.60. The van der Waals surface area contributed by atoms with E-state index in [-0.39, 0.29) is 15.6 Å². The van der Waals surface area contributed by atoms with Gasteiger partial charge in [0, 0.05) is 31.1 Å². The van der Waals surface area contributed by atoms with Crippen molar-refractivity contribution >= 4 is 37.3 Å². The lowest BCUT2D eigenvalue weighted by Gasteiger charge is -2.11. The van der Waals surface area contributed by atoms with Gasteiger partial charge in [0.1, 0.15) is 9.96 Å².